The Kier molecular flexibility index (Phi) is 7.16. The van der Waals surface area contributed by atoms with E-state index in [4.69, 9.17) is 0 Å². The number of aromatic nitrogens is 1. The highest BCUT2D eigenvalue weighted by Crippen LogP contribution is 2.22. The minimum absolute atomic E-state index is 0.173. The van der Waals surface area contributed by atoms with Crippen LogP contribution >= 0.6 is 0 Å². The summed E-state index contributed by atoms with van der Waals surface area (Å²) in [6.45, 7) is 5.87. The normalized spacial score (nSPS) is 10.9. The number of hydrogen-bond acceptors (Lipinski definition) is 3. The van der Waals surface area contributed by atoms with Crippen molar-refractivity contribution in [1.29, 1.82) is 5.26 Å². The highest BCUT2D eigenvalue weighted by atomic mass is 19.1. The maximum Gasteiger partial charge on any atom is 0.269 e. The molecule has 0 fully saturated rings. The van der Waals surface area contributed by atoms with E-state index in [2.05, 4.69) is 25.2 Å². The molecule has 0 saturated heterocycles. The van der Waals surface area contributed by atoms with Gasteiger partial charge in [-0.05, 0) is 35.6 Å². The molecular formula is C25H26FN3O. The van der Waals surface area contributed by atoms with E-state index in [9.17, 15) is 14.4 Å². The molecule has 0 radical (unpaired) electrons. The second-order valence-corrected chi connectivity index (χ2v) is 7.79. The molecule has 154 valence electrons. The van der Waals surface area contributed by atoms with Crippen LogP contribution in [0.4, 0.5) is 4.39 Å². The summed E-state index contributed by atoms with van der Waals surface area (Å²) in [5, 5.41) is 12.8. The third-order valence-electron chi connectivity index (χ3n) is 5.09. The maximum atomic E-state index is 13.7. The van der Waals surface area contributed by atoms with Crippen LogP contribution in [0.1, 0.15) is 37.0 Å². The van der Waals surface area contributed by atoms with E-state index in [0.29, 0.717) is 36.7 Å². The Morgan fingerprint density at radius 3 is 2.47 bits per heavy atom. The number of aryl methyl sites for hydroxylation is 1. The Hall–Kier alpha value is -3.23. The molecule has 30 heavy (non-hydrogen) atoms. The number of benzene rings is 2. The molecule has 1 heterocycles. The van der Waals surface area contributed by atoms with Crippen LogP contribution in [0.3, 0.4) is 0 Å². The lowest BCUT2D eigenvalue weighted by Crippen LogP contribution is -2.23. The van der Waals surface area contributed by atoms with Gasteiger partial charge in [0.1, 0.15) is 17.4 Å². The van der Waals surface area contributed by atoms with Crippen LogP contribution in [0.5, 0.6) is 0 Å². The predicted molar refractivity (Wildman–Crippen MR) is 117 cm³/mol. The SMILES string of the molecule is CC(C)CCn1ccc(-c2ccc(CNCc3ccccc3F)cc2)c(C#N)c1=O. The largest absolute Gasteiger partial charge is 0.314 e. The van der Waals surface area contributed by atoms with Crippen molar-refractivity contribution < 1.29 is 4.39 Å². The van der Waals surface area contributed by atoms with Crippen molar-refractivity contribution in [3.05, 3.63) is 93.7 Å². The Morgan fingerprint density at radius 1 is 1.07 bits per heavy atom. The molecule has 5 heteroatoms. The number of nitriles is 1. The molecule has 3 rings (SSSR count). The zero-order valence-electron chi connectivity index (χ0n) is 17.4. The van der Waals surface area contributed by atoms with Crippen LogP contribution in [0.25, 0.3) is 11.1 Å². The van der Waals surface area contributed by atoms with Gasteiger partial charge in [0.2, 0.25) is 0 Å². The first-order valence-corrected chi connectivity index (χ1v) is 10.2. The van der Waals surface area contributed by atoms with Gasteiger partial charge in [-0.25, -0.2) is 4.39 Å². The Morgan fingerprint density at radius 2 is 1.80 bits per heavy atom. The zero-order valence-corrected chi connectivity index (χ0v) is 17.4. The molecule has 0 amide bonds. The second kappa shape index (κ2) is 10.00. The molecule has 0 atom stereocenters. The molecule has 0 saturated carbocycles. The monoisotopic (exact) mass is 403 g/mol. The van der Waals surface area contributed by atoms with Gasteiger partial charge < -0.3 is 9.88 Å². The summed E-state index contributed by atoms with van der Waals surface area (Å²) in [5.74, 6) is 0.272. The molecule has 0 unspecified atom stereocenters. The van der Waals surface area contributed by atoms with E-state index in [-0.39, 0.29) is 16.9 Å². The van der Waals surface area contributed by atoms with Crippen molar-refractivity contribution in [2.45, 2.75) is 39.9 Å². The van der Waals surface area contributed by atoms with Crippen molar-refractivity contribution >= 4 is 0 Å². The first kappa shape index (κ1) is 21.5. The Bertz CT molecular complexity index is 1090. The fourth-order valence-electron chi connectivity index (χ4n) is 3.28. The average Bonchev–Trinajstić information content (AvgIpc) is 2.74. The van der Waals surface area contributed by atoms with Gasteiger partial charge in [-0.1, -0.05) is 56.3 Å². The van der Waals surface area contributed by atoms with Crippen LogP contribution in [0.15, 0.2) is 65.6 Å². The summed E-state index contributed by atoms with van der Waals surface area (Å²) in [4.78, 5) is 12.7. The number of nitrogens with zero attached hydrogens (tertiary/aromatic N) is 2. The van der Waals surface area contributed by atoms with Gasteiger partial charge in [0.25, 0.3) is 5.56 Å². The molecule has 0 aliphatic rings. The van der Waals surface area contributed by atoms with Gasteiger partial charge in [0.15, 0.2) is 0 Å². The molecule has 3 aromatic rings. The number of hydrogen-bond donors (Lipinski definition) is 1. The minimum Gasteiger partial charge on any atom is -0.314 e. The second-order valence-electron chi connectivity index (χ2n) is 7.79. The quantitative estimate of drug-likeness (QED) is 0.584. The number of nitrogens with one attached hydrogen (secondary N) is 1. The van der Waals surface area contributed by atoms with Crippen molar-refractivity contribution in [2.24, 2.45) is 5.92 Å². The van der Waals surface area contributed by atoms with Crippen molar-refractivity contribution in [3.63, 3.8) is 0 Å². The molecule has 1 aromatic heterocycles. The fraction of sp³-hybridized carbons (Fsp3) is 0.280. The van der Waals surface area contributed by atoms with Gasteiger partial charge in [-0.3, -0.25) is 4.79 Å². The van der Waals surface area contributed by atoms with Crippen LogP contribution < -0.4 is 10.9 Å². The van der Waals surface area contributed by atoms with Gasteiger partial charge in [-0.2, -0.15) is 5.26 Å². The first-order chi connectivity index (χ1) is 14.5. The van der Waals surface area contributed by atoms with Crippen LogP contribution in [0, 0.1) is 23.1 Å². The molecule has 0 spiro atoms. The molecule has 4 nitrogen and oxygen atoms in total. The smallest absolute Gasteiger partial charge is 0.269 e. The third kappa shape index (κ3) is 5.22. The minimum atomic E-state index is -0.244. The van der Waals surface area contributed by atoms with Crippen LogP contribution in [0.2, 0.25) is 0 Å². The molecule has 0 aliphatic heterocycles. The lowest BCUT2D eigenvalue weighted by atomic mass is 10.0. The van der Waals surface area contributed by atoms with E-state index >= 15 is 0 Å². The highest BCUT2D eigenvalue weighted by Gasteiger charge is 2.12. The van der Waals surface area contributed by atoms with E-state index < -0.39 is 0 Å². The molecule has 0 bridgehead atoms. The summed E-state index contributed by atoms with van der Waals surface area (Å²) in [6, 6.07) is 18.4. The topological polar surface area (TPSA) is 57.8 Å². The third-order valence-corrected chi connectivity index (χ3v) is 5.09. The standard InChI is InChI=1S/C25H26FN3O/c1-18(2)11-13-29-14-12-22(23(15-27)25(29)30)20-9-7-19(8-10-20)16-28-17-21-5-3-4-6-24(21)26/h3-10,12,14,18,28H,11,13,16-17H2,1-2H3. The first-order valence-electron chi connectivity index (χ1n) is 10.2. The van der Waals surface area contributed by atoms with E-state index in [1.54, 1.807) is 22.9 Å². The van der Waals surface area contributed by atoms with E-state index in [1.807, 2.05) is 36.4 Å². The highest BCUT2D eigenvalue weighted by molar-refractivity contribution is 5.69. The lowest BCUT2D eigenvalue weighted by Gasteiger charge is -2.11. The van der Waals surface area contributed by atoms with E-state index in [0.717, 1.165) is 17.5 Å². The summed E-state index contributed by atoms with van der Waals surface area (Å²) >= 11 is 0. The summed E-state index contributed by atoms with van der Waals surface area (Å²) in [5.41, 5.74) is 3.08. The van der Waals surface area contributed by atoms with Gasteiger partial charge in [0.05, 0.1) is 0 Å². The number of rotatable bonds is 8. The maximum absolute atomic E-state index is 13.7. The molecular weight excluding hydrogens is 377 g/mol. The van der Waals surface area contributed by atoms with Crippen molar-refractivity contribution in [2.75, 3.05) is 0 Å². The molecule has 2 aromatic carbocycles. The number of pyridine rings is 1. The van der Waals surface area contributed by atoms with Gasteiger partial charge in [-0.15, -0.1) is 0 Å². The number of halogens is 1. The van der Waals surface area contributed by atoms with Gasteiger partial charge >= 0.3 is 0 Å². The summed E-state index contributed by atoms with van der Waals surface area (Å²) < 4.78 is 15.3. The molecule has 1 N–H and O–H groups in total. The predicted octanol–water partition coefficient (Wildman–Crippen LogP) is 4.86. The van der Waals surface area contributed by atoms with Gasteiger partial charge in [0, 0.05) is 37.0 Å². The zero-order chi connectivity index (χ0) is 21.5. The summed E-state index contributed by atoms with van der Waals surface area (Å²) in [7, 11) is 0. The van der Waals surface area contributed by atoms with Crippen LogP contribution in [-0.2, 0) is 19.6 Å². The van der Waals surface area contributed by atoms with Crippen LogP contribution in [-0.4, -0.2) is 4.57 Å². The van der Waals surface area contributed by atoms with Crippen molar-refractivity contribution in [1.82, 2.24) is 9.88 Å². The average molecular weight is 404 g/mol. The summed E-state index contributed by atoms with van der Waals surface area (Å²) in [6.07, 6.45) is 2.66. The van der Waals surface area contributed by atoms with E-state index in [1.165, 1.54) is 6.07 Å². The lowest BCUT2D eigenvalue weighted by molar-refractivity contribution is 0.507. The van der Waals surface area contributed by atoms with Crippen molar-refractivity contribution in [3.8, 4) is 17.2 Å². The Balaban J connectivity index is 1.71. The fourth-order valence-corrected chi connectivity index (χ4v) is 3.28. The molecule has 0 aliphatic carbocycles. The Labute approximate surface area is 176 Å².